The normalized spacial score (nSPS) is 16.2. The Hall–Kier alpha value is -2.13. The molecular weight excluding hydrogens is 322 g/mol. The third kappa shape index (κ3) is 4.16. The third-order valence-corrected chi connectivity index (χ3v) is 5.50. The first-order valence-electron chi connectivity index (χ1n) is 9.59. The number of piperidine rings is 1. The number of hydrogen-bond donors (Lipinski definition) is 1. The Kier molecular flexibility index (Phi) is 5.77. The SMILES string of the molecule is Cc1cc(O)c(CN2CCC(C(=O)c3ccccc3)CC2)cc1C(C)C. The van der Waals surface area contributed by atoms with Gasteiger partial charge >= 0.3 is 0 Å². The van der Waals surface area contributed by atoms with E-state index in [-0.39, 0.29) is 11.7 Å². The predicted octanol–water partition coefficient (Wildman–Crippen LogP) is 4.92. The van der Waals surface area contributed by atoms with Crippen LogP contribution < -0.4 is 0 Å². The molecular formula is C23H29NO2. The van der Waals surface area contributed by atoms with E-state index in [4.69, 9.17) is 0 Å². The van der Waals surface area contributed by atoms with E-state index in [0.717, 1.165) is 49.2 Å². The minimum Gasteiger partial charge on any atom is -0.508 e. The molecule has 1 fully saturated rings. The van der Waals surface area contributed by atoms with Crippen molar-refractivity contribution in [3.63, 3.8) is 0 Å². The third-order valence-electron chi connectivity index (χ3n) is 5.50. The Balaban J connectivity index is 1.63. The Morgan fingerprint density at radius 3 is 2.42 bits per heavy atom. The van der Waals surface area contributed by atoms with E-state index in [9.17, 15) is 9.90 Å². The minimum absolute atomic E-state index is 0.117. The summed E-state index contributed by atoms with van der Waals surface area (Å²) in [5.74, 6) is 1.22. The highest BCUT2D eigenvalue weighted by molar-refractivity contribution is 5.97. The van der Waals surface area contributed by atoms with E-state index in [1.165, 1.54) is 5.56 Å². The van der Waals surface area contributed by atoms with Gasteiger partial charge in [0.25, 0.3) is 0 Å². The van der Waals surface area contributed by atoms with Gasteiger partial charge in [-0.05, 0) is 56.0 Å². The molecule has 0 radical (unpaired) electrons. The molecule has 1 N–H and O–H groups in total. The van der Waals surface area contributed by atoms with Crippen molar-refractivity contribution in [1.82, 2.24) is 4.90 Å². The molecule has 0 saturated carbocycles. The quantitative estimate of drug-likeness (QED) is 0.777. The second kappa shape index (κ2) is 8.05. The summed E-state index contributed by atoms with van der Waals surface area (Å²) in [5, 5.41) is 10.3. The topological polar surface area (TPSA) is 40.5 Å². The number of rotatable bonds is 5. The van der Waals surface area contributed by atoms with Crippen LogP contribution in [0.5, 0.6) is 5.75 Å². The molecule has 1 aliphatic rings. The number of phenols is 1. The van der Waals surface area contributed by atoms with Crippen molar-refractivity contribution >= 4 is 5.78 Å². The summed E-state index contributed by atoms with van der Waals surface area (Å²) in [5.41, 5.74) is 4.26. The number of ketones is 1. The molecule has 0 spiro atoms. The van der Waals surface area contributed by atoms with E-state index < -0.39 is 0 Å². The maximum Gasteiger partial charge on any atom is 0.166 e. The van der Waals surface area contributed by atoms with Gasteiger partial charge in [-0.15, -0.1) is 0 Å². The Bertz CT molecular complexity index is 759. The molecule has 1 aliphatic heterocycles. The number of aryl methyl sites for hydroxylation is 1. The maximum absolute atomic E-state index is 12.6. The van der Waals surface area contributed by atoms with E-state index in [2.05, 4.69) is 31.7 Å². The monoisotopic (exact) mass is 351 g/mol. The minimum atomic E-state index is 0.117. The Labute approximate surface area is 156 Å². The molecule has 0 amide bonds. The van der Waals surface area contributed by atoms with Gasteiger partial charge in [-0.3, -0.25) is 9.69 Å². The van der Waals surface area contributed by atoms with E-state index in [1.807, 2.05) is 36.4 Å². The van der Waals surface area contributed by atoms with Crippen molar-refractivity contribution < 1.29 is 9.90 Å². The molecule has 1 heterocycles. The van der Waals surface area contributed by atoms with Crippen LogP contribution >= 0.6 is 0 Å². The van der Waals surface area contributed by atoms with Gasteiger partial charge in [-0.1, -0.05) is 50.2 Å². The molecule has 0 aromatic heterocycles. The fourth-order valence-corrected chi connectivity index (χ4v) is 3.94. The number of carbonyl (C=O) groups excluding carboxylic acids is 1. The van der Waals surface area contributed by atoms with Crippen LogP contribution in [0.1, 0.15) is 59.7 Å². The van der Waals surface area contributed by atoms with Crippen molar-refractivity contribution in [2.75, 3.05) is 13.1 Å². The second-order valence-electron chi connectivity index (χ2n) is 7.77. The molecule has 0 aliphatic carbocycles. The van der Waals surface area contributed by atoms with Gasteiger partial charge in [0.05, 0.1) is 0 Å². The van der Waals surface area contributed by atoms with Crippen LogP contribution in [0.2, 0.25) is 0 Å². The number of nitrogens with zero attached hydrogens (tertiary/aromatic N) is 1. The van der Waals surface area contributed by atoms with Crippen molar-refractivity contribution in [1.29, 1.82) is 0 Å². The fourth-order valence-electron chi connectivity index (χ4n) is 3.94. The zero-order valence-corrected chi connectivity index (χ0v) is 16.0. The van der Waals surface area contributed by atoms with Crippen molar-refractivity contribution in [3.8, 4) is 5.75 Å². The number of hydrogen-bond acceptors (Lipinski definition) is 3. The van der Waals surface area contributed by atoms with Crippen LogP contribution in [0.3, 0.4) is 0 Å². The molecule has 3 heteroatoms. The van der Waals surface area contributed by atoms with E-state index >= 15 is 0 Å². The first-order valence-corrected chi connectivity index (χ1v) is 9.59. The number of aromatic hydroxyl groups is 1. The van der Waals surface area contributed by atoms with Crippen LogP contribution in [0, 0.1) is 12.8 Å². The van der Waals surface area contributed by atoms with Crippen LogP contribution in [0.25, 0.3) is 0 Å². The van der Waals surface area contributed by atoms with Gasteiger partial charge in [0.1, 0.15) is 5.75 Å². The summed E-state index contributed by atoms with van der Waals surface area (Å²) in [6.07, 6.45) is 1.77. The average molecular weight is 351 g/mol. The van der Waals surface area contributed by atoms with Crippen LogP contribution in [-0.2, 0) is 6.54 Å². The number of Topliss-reactive ketones (excluding diaryl/α,β-unsaturated/α-hetero) is 1. The lowest BCUT2D eigenvalue weighted by Crippen LogP contribution is -2.36. The lowest BCUT2D eigenvalue weighted by Gasteiger charge is -2.31. The molecule has 2 aromatic carbocycles. The zero-order valence-electron chi connectivity index (χ0n) is 16.0. The molecule has 1 saturated heterocycles. The number of phenolic OH excluding ortho intramolecular Hbond substituents is 1. The lowest BCUT2D eigenvalue weighted by atomic mass is 9.88. The largest absolute Gasteiger partial charge is 0.508 e. The second-order valence-corrected chi connectivity index (χ2v) is 7.77. The Morgan fingerprint density at radius 2 is 1.81 bits per heavy atom. The standard InChI is InChI=1S/C23H29NO2/c1-16(2)21-14-20(22(25)13-17(21)3)15-24-11-9-19(10-12-24)23(26)18-7-5-4-6-8-18/h4-8,13-14,16,19,25H,9-12,15H2,1-3H3. The van der Waals surface area contributed by atoms with Crippen molar-refractivity contribution in [2.45, 2.75) is 46.1 Å². The maximum atomic E-state index is 12.6. The number of benzene rings is 2. The summed E-state index contributed by atoms with van der Waals surface area (Å²) in [6, 6.07) is 13.6. The van der Waals surface area contributed by atoms with E-state index in [0.29, 0.717) is 11.7 Å². The fraction of sp³-hybridized carbons (Fsp3) is 0.435. The van der Waals surface area contributed by atoms with Gasteiger partial charge in [0.2, 0.25) is 0 Å². The van der Waals surface area contributed by atoms with Crippen LogP contribution in [0.4, 0.5) is 0 Å². The molecule has 3 rings (SSSR count). The summed E-state index contributed by atoms with van der Waals surface area (Å²) in [6.45, 7) is 8.96. The van der Waals surface area contributed by atoms with E-state index in [1.54, 1.807) is 0 Å². The summed E-state index contributed by atoms with van der Waals surface area (Å²) >= 11 is 0. The van der Waals surface area contributed by atoms with Crippen molar-refractivity contribution in [2.24, 2.45) is 5.92 Å². The number of likely N-dealkylation sites (tertiary alicyclic amines) is 1. The van der Waals surface area contributed by atoms with Crippen LogP contribution in [-0.4, -0.2) is 28.9 Å². The molecule has 3 nitrogen and oxygen atoms in total. The molecule has 2 aromatic rings. The Morgan fingerprint density at radius 1 is 1.15 bits per heavy atom. The van der Waals surface area contributed by atoms with Gasteiger partial charge in [0, 0.05) is 23.6 Å². The predicted molar refractivity (Wildman–Crippen MR) is 106 cm³/mol. The summed E-state index contributed by atoms with van der Waals surface area (Å²) in [7, 11) is 0. The lowest BCUT2D eigenvalue weighted by molar-refractivity contribution is 0.0834. The highest BCUT2D eigenvalue weighted by Crippen LogP contribution is 2.30. The summed E-state index contributed by atoms with van der Waals surface area (Å²) < 4.78 is 0. The highest BCUT2D eigenvalue weighted by Gasteiger charge is 2.26. The van der Waals surface area contributed by atoms with Gasteiger partial charge in [0.15, 0.2) is 5.78 Å². The van der Waals surface area contributed by atoms with Crippen LogP contribution in [0.15, 0.2) is 42.5 Å². The first kappa shape index (κ1) is 18.7. The van der Waals surface area contributed by atoms with Gasteiger partial charge in [-0.25, -0.2) is 0 Å². The summed E-state index contributed by atoms with van der Waals surface area (Å²) in [4.78, 5) is 15.0. The molecule has 0 unspecified atom stereocenters. The molecule has 26 heavy (non-hydrogen) atoms. The van der Waals surface area contributed by atoms with Crippen molar-refractivity contribution in [3.05, 3.63) is 64.7 Å². The number of carbonyl (C=O) groups is 1. The zero-order chi connectivity index (χ0) is 18.7. The molecule has 0 bridgehead atoms. The first-order chi connectivity index (χ1) is 12.5. The highest BCUT2D eigenvalue weighted by atomic mass is 16.3. The molecule has 138 valence electrons. The van der Waals surface area contributed by atoms with Gasteiger partial charge < -0.3 is 5.11 Å². The van der Waals surface area contributed by atoms with Gasteiger partial charge in [-0.2, -0.15) is 0 Å². The average Bonchev–Trinajstić information content (AvgIpc) is 2.64. The molecule has 0 atom stereocenters. The smallest absolute Gasteiger partial charge is 0.166 e.